The average molecular weight is 428 g/mol. The highest BCUT2D eigenvalue weighted by Crippen LogP contribution is 2.18. The van der Waals surface area contributed by atoms with Crippen molar-refractivity contribution in [2.24, 2.45) is 0 Å². The van der Waals surface area contributed by atoms with Crippen molar-refractivity contribution >= 4 is 22.0 Å². The van der Waals surface area contributed by atoms with Crippen molar-refractivity contribution < 1.29 is 27.5 Å². The van der Waals surface area contributed by atoms with Gasteiger partial charge in [-0.3, -0.25) is 4.79 Å². The molecule has 1 heterocycles. The fourth-order valence-corrected chi connectivity index (χ4v) is 4.17. The number of rotatable bonds is 6. The van der Waals surface area contributed by atoms with Gasteiger partial charge in [-0.1, -0.05) is 0 Å². The lowest BCUT2D eigenvalue weighted by Crippen LogP contribution is -2.49. The minimum Gasteiger partial charge on any atom is -0.497 e. The van der Waals surface area contributed by atoms with Gasteiger partial charge in [-0.15, -0.1) is 0 Å². The Kier molecular flexibility index (Phi) is 7.48. The van der Waals surface area contributed by atoms with Gasteiger partial charge in [-0.2, -0.15) is 0 Å². The van der Waals surface area contributed by atoms with E-state index in [2.05, 4.69) is 10.0 Å². The second kappa shape index (κ2) is 9.45. The zero-order chi connectivity index (χ0) is 21.7. The number of nitrogens with zero attached hydrogens (tertiary/aromatic N) is 1. The molecule has 0 atom stereocenters. The van der Waals surface area contributed by atoms with Crippen molar-refractivity contribution in [1.82, 2.24) is 14.9 Å². The normalized spacial score (nSPS) is 15.7. The van der Waals surface area contributed by atoms with Crippen molar-refractivity contribution in [1.29, 1.82) is 0 Å². The lowest BCUT2D eigenvalue weighted by atomic mass is 10.1. The highest BCUT2D eigenvalue weighted by molar-refractivity contribution is 7.89. The molecule has 1 aliphatic heterocycles. The van der Waals surface area contributed by atoms with Crippen LogP contribution in [-0.2, 0) is 19.6 Å². The Bertz CT molecular complexity index is 809. The molecule has 0 spiro atoms. The number of ether oxygens (including phenoxy) is 2. The lowest BCUT2D eigenvalue weighted by Gasteiger charge is -2.32. The summed E-state index contributed by atoms with van der Waals surface area (Å²) in [5.41, 5.74) is -0.632. The maximum atomic E-state index is 12.5. The third-order valence-electron chi connectivity index (χ3n) is 4.32. The van der Waals surface area contributed by atoms with E-state index in [-0.39, 0.29) is 23.4 Å². The topological polar surface area (TPSA) is 114 Å². The van der Waals surface area contributed by atoms with E-state index in [0.717, 1.165) is 0 Å². The van der Waals surface area contributed by atoms with Crippen molar-refractivity contribution in [3.63, 3.8) is 0 Å². The average Bonchev–Trinajstić information content (AvgIpc) is 2.65. The molecule has 0 aliphatic carbocycles. The van der Waals surface area contributed by atoms with E-state index in [1.807, 2.05) is 0 Å². The Morgan fingerprint density at radius 3 is 2.24 bits per heavy atom. The number of hydrogen-bond donors (Lipinski definition) is 2. The summed E-state index contributed by atoms with van der Waals surface area (Å²) in [6.45, 7) is 5.89. The Balaban J connectivity index is 1.80. The molecule has 29 heavy (non-hydrogen) atoms. The van der Waals surface area contributed by atoms with Crippen molar-refractivity contribution in [3.8, 4) is 5.75 Å². The predicted octanol–water partition coefficient (Wildman–Crippen LogP) is 1.49. The number of likely N-dealkylation sites (tertiary alicyclic amines) is 1. The van der Waals surface area contributed by atoms with Gasteiger partial charge in [0.1, 0.15) is 17.9 Å². The first-order valence-corrected chi connectivity index (χ1v) is 10.9. The van der Waals surface area contributed by atoms with E-state index in [4.69, 9.17) is 9.47 Å². The molecule has 0 saturated carbocycles. The molecule has 162 valence electrons. The summed E-state index contributed by atoms with van der Waals surface area (Å²) >= 11 is 0. The summed E-state index contributed by atoms with van der Waals surface area (Å²) in [5, 5.41) is 2.44. The first-order chi connectivity index (χ1) is 13.5. The summed E-state index contributed by atoms with van der Waals surface area (Å²) in [7, 11) is -2.13. The van der Waals surface area contributed by atoms with Crippen molar-refractivity contribution in [2.75, 3.05) is 26.7 Å². The van der Waals surface area contributed by atoms with Gasteiger partial charge < -0.3 is 19.7 Å². The van der Waals surface area contributed by atoms with Gasteiger partial charge in [0.05, 0.1) is 12.0 Å². The molecule has 1 aliphatic rings. The summed E-state index contributed by atoms with van der Waals surface area (Å²) < 4.78 is 37.9. The third-order valence-corrected chi connectivity index (χ3v) is 5.86. The van der Waals surface area contributed by atoms with Gasteiger partial charge in [-0.05, 0) is 57.9 Å². The molecular weight excluding hydrogens is 398 g/mol. The number of alkyl carbamates (subject to hydrolysis) is 1. The number of amides is 2. The Labute approximate surface area is 171 Å². The van der Waals surface area contributed by atoms with Crippen LogP contribution in [0.1, 0.15) is 33.6 Å². The predicted molar refractivity (Wildman–Crippen MR) is 107 cm³/mol. The molecule has 1 fully saturated rings. The highest BCUT2D eigenvalue weighted by atomic mass is 32.2. The smallest absolute Gasteiger partial charge is 0.408 e. The maximum absolute atomic E-state index is 12.5. The number of hydrogen-bond acceptors (Lipinski definition) is 6. The van der Waals surface area contributed by atoms with Gasteiger partial charge in [0.25, 0.3) is 0 Å². The number of sulfonamides is 1. The molecule has 1 aromatic rings. The summed E-state index contributed by atoms with van der Waals surface area (Å²) in [4.78, 5) is 25.7. The molecule has 10 heteroatoms. The first-order valence-electron chi connectivity index (χ1n) is 9.41. The molecule has 1 aromatic carbocycles. The fraction of sp³-hybridized carbons (Fsp3) is 0.579. The Morgan fingerprint density at radius 2 is 1.72 bits per heavy atom. The van der Waals surface area contributed by atoms with E-state index in [1.165, 1.54) is 19.2 Å². The number of carbonyl (C=O) groups excluding carboxylic acids is 2. The Hall–Kier alpha value is -2.33. The van der Waals surface area contributed by atoms with Gasteiger partial charge in [-0.25, -0.2) is 17.9 Å². The van der Waals surface area contributed by atoms with Crippen molar-refractivity contribution in [2.45, 2.75) is 50.2 Å². The summed E-state index contributed by atoms with van der Waals surface area (Å²) in [6.07, 6.45) is 0.342. The second-order valence-electron chi connectivity index (χ2n) is 7.81. The van der Waals surface area contributed by atoms with Gasteiger partial charge in [0, 0.05) is 19.1 Å². The van der Waals surface area contributed by atoms with Crippen molar-refractivity contribution in [3.05, 3.63) is 24.3 Å². The summed E-state index contributed by atoms with van der Waals surface area (Å²) in [5.74, 6) is 0.350. The van der Waals surface area contributed by atoms with Crippen LogP contribution >= 0.6 is 0 Å². The molecule has 0 aromatic heterocycles. The van der Waals surface area contributed by atoms with Crippen LogP contribution in [0, 0.1) is 0 Å². The SMILES string of the molecule is COc1ccc(S(=O)(=O)NC2CCN(C(=O)CNC(=O)OC(C)(C)C)CC2)cc1. The van der Waals surface area contributed by atoms with Crippen LogP contribution in [0.2, 0.25) is 0 Å². The van der Waals surface area contributed by atoms with Crippen LogP contribution in [0.25, 0.3) is 0 Å². The second-order valence-corrected chi connectivity index (χ2v) is 9.52. The molecule has 0 bridgehead atoms. The van der Waals surface area contributed by atoms with E-state index in [1.54, 1.807) is 37.8 Å². The number of carbonyl (C=O) groups is 2. The molecule has 9 nitrogen and oxygen atoms in total. The largest absolute Gasteiger partial charge is 0.497 e. The number of benzene rings is 1. The minimum absolute atomic E-state index is 0.156. The molecule has 0 unspecified atom stereocenters. The molecular formula is C19H29N3O6S. The molecule has 1 saturated heterocycles. The minimum atomic E-state index is -3.64. The van der Waals surface area contributed by atoms with Gasteiger partial charge in [0.15, 0.2) is 0 Å². The Morgan fingerprint density at radius 1 is 1.14 bits per heavy atom. The zero-order valence-corrected chi connectivity index (χ0v) is 18.0. The van der Waals surface area contributed by atoms with Gasteiger partial charge in [0.2, 0.25) is 15.9 Å². The van der Waals surface area contributed by atoms with Crippen LogP contribution in [0.3, 0.4) is 0 Å². The highest BCUT2D eigenvalue weighted by Gasteiger charge is 2.27. The molecule has 2 N–H and O–H groups in total. The number of methoxy groups -OCH3 is 1. The standard InChI is InChI=1S/C19H29N3O6S/c1-19(2,3)28-18(24)20-13-17(23)22-11-9-14(10-12-22)21-29(25,26)16-7-5-15(27-4)6-8-16/h5-8,14,21H,9-13H2,1-4H3,(H,20,24). The van der Waals surface area contributed by atoms with E-state index < -0.39 is 21.7 Å². The summed E-state index contributed by atoms with van der Waals surface area (Å²) in [6, 6.07) is 5.90. The molecule has 0 radical (unpaired) electrons. The quantitative estimate of drug-likeness (QED) is 0.711. The van der Waals surface area contributed by atoms with Crippen LogP contribution < -0.4 is 14.8 Å². The van der Waals surface area contributed by atoms with Crippen LogP contribution in [0.5, 0.6) is 5.75 Å². The lowest BCUT2D eigenvalue weighted by molar-refractivity contribution is -0.131. The van der Waals surface area contributed by atoms with E-state index in [9.17, 15) is 18.0 Å². The van der Waals surface area contributed by atoms with Gasteiger partial charge >= 0.3 is 6.09 Å². The fourth-order valence-electron chi connectivity index (χ4n) is 2.86. The monoisotopic (exact) mass is 427 g/mol. The van der Waals surface area contributed by atoms with E-state index >= 15 is 0 Å². The maximum Gasteiger partial charge on any atom is 0.408 e. The third kappa shape index (κ3) is 7.21. The zero-order valence-electron chi connectivity index (χ0n) is 17.2. The molecule has 2 amide bonds. The van der Waals surface area contributed by atoms with E-state index in [0.29, 0.717) is 31.7 Å². The molecule has 2 rings (SSSR count). The van der Waals surface area contributed by atoms with Crippen LogP contribution in [0.4, 0.5) is 4.79 Å². The number of piperidine rings is 1. The van der Waals surface area contributed by atoms with Crippen LogP contribution in [-0.4, -0.2) is 63.7 Å². The van der Waals surface area contributed by atoms with Crippen LogP contribution in [0.15, 0.2) is 29.2 Å². The number of nitrogens with one attached hydrogen (secondary N) is 2. The first kappa shape index (κ1) is 23.0.